The van der Waals surface area contributed by atoms with Crippen LogP contribution in [-0.4, -0.2) is 31.4 Å². The maximum absolute atomic E-state index is 11.4. The van der Waals surface area contributed by atoms with E-state index in [1.165, 1.54) is 5.56 Å². The highest BCUT2D eigenvalue weighted by Gasteiger charge is 2.22. The molecule has 1 aromatic carbocycles. The van der Waals surface area contributed by atoms with Crippen LogP contribution in [0.15, 0.2) is 18.2 Å². The topological polar surface area (TPSA) is 58.4 Å². The van der Waals surface area contributed by atoms with E-state index in [1.54, 1.807) is 0 Å². The summed E-state index contributed by atoms with van der Waals surface area (Å²) in [5.41, 5.74) is 9.06. The van der Waals surface area contributed by atoms with Crippen LogP contribution < -0.4 is 11.1 Å². The fraction of sp³-hybridized carbons (Fsp3) is 0.533. The van der Waals surface area contributed by atoms with Crippen molar-refractivity contribution < 1.29 is 4.79 Å². The van der Waals surface area contributed by atoms with Gasteiger partial charge in [0.15, 0.2) is 0 Å². The standard InChI is InChI=1S/C15H23N3O/c1-10(9-16)6-14(18(2)3)11-4-5-13-12(7-11)8-15(19)17-13/h4-5,7,10,14H,6,8-9,16H2,1-3H3,(H,17,19). The number of benzene rings is 1. The van der Waals surface area contributed by atoms with Crippen LogP contribution in [0.5, 0.6) is 0 Å². The van der Waals surface area contributed by atoms with Gasteiger partial charge in [0.25, 0.3) is 0 Å². The zero-order valence-corrected chi connectivity index (χ0v) is 11.9. The van der Waals surface area contributed by atoms with Crippen LogP contribution in [0.1, 0.15) is 30.5 Å². The van der Waals surface area contributed by atoms with Gasteiger partial charge in [-0.3, -0.25) is 4.79 Å². The van der Waals surface area contributed by atoms with E-state index in [9.17, 15) is 4.79 Å². The van der Waals surface area contributed by atoms with Crippen molar-refractivity contribution in [1.82, 2.24) is 4.90 Å². The molecule has 0 bridgehead atoms. The number of nitrogens with two attached hydrogens (primary N) is 1. The third-order valence-corrected chi connectivity index (χ3v) is 3.79. The van der Waals surface area contributed by atoms with Gasteiger partial charge in [0.1, 0.15) is 0 Å². The van der Waals surface area contributed by atoms with E-state index in [4.69, 9.17) is 5.73 Å². The summed E-state index contributed by atoms with van der Waals surface area (Å²) in [4.78, 5) is 13.6. The smallest absolute Gasteiger partial charge is 0.228 e. The molecular weight excluding hydrogens is 238 g/mol. The van der Waals surface area contributed by atoms with E-state index in [1.807, 2.05) is 6.07 Å². The van der Waals surface area contributed by atoms with Gasteiger partial charge in [0.05, 0.1) is 6.42 Å². The highest BCUT2D eigenvalue weighted by molar-refractivity contribution is 5.99. The Morgan fingerprint density at radius 2 is 2.16 bits per heavy atom. The summed E-state index contributed by atoms with van der Waals surface area (Å²) in [7, 11) is 4.18. The molecule has 0 fully saturated rings. The second-order valence-electron chi connectivity index (χ2n) is 5.70. The van der Waals surface area contributed by atoms with E-state index >= 15 is 0 Å². The molecule has 2 rings (SSSR count). The minimum absolute atomic E-state index is 0.0869. The number of amides is 1. The lowest BCUT2D eigenvalue weighted by Gasteiger charge is -2.27. The molecule has 1 amide bonds. The van der Waals surface area contributed by atoms with Crippen LogP contribution in [-0.2, 0) is 11.2 Å². The third kappa shape index (κ3) is 3.14. The quantitative estimate of drug-likeness (QED) is 0.849. The SMILES string of the molecule is CC(CN)CC(c1ccc2c(c1)CC(=O)N2)N(C)C. The molecule has 4 nitrogen and oxygen atoms in total. The monoisotopic (exact) mass is 261 g/mol. The molecule has 4 heteroatoms. The highest BCUT2D eigenvalue weighted by atomic mass is 16.1. The zero-order valence-electron chi connectivity index (χ0n) is 11.9. The van der Waals surface area contributed by atoms with Crippen molar-refractivity contribution in [2.75, 3.05) is 26.0 Å². The Balaban J connectivity index is 2.23. The second-order valence-corrected chi connectivity index (χ2v) is 5.70. The number of rotatable bonds is 5. The van der Waals surface area contributed by atoms with Crippen molar-refractivity contribution in [2.45, 2.75) is 25.8 Å². The molecule has 0 saturated heterocycles. The Labute approximate surface area is 115 Å². The molecule has 1 heterocycles. The van der Waals surface area contributed by atoms with Gasteiger partial charge in [-0.05, 0) is 50.2 Å². The van der Waals surface area contributed by atoms with Crippen LogP contribution in [0, 0.1) is 5.92 Å². The fourth-order valence-electron chi connectivity index (χ4n) is 2.58. The molecule has 0 aromatic heterocycles. The van der Waals surface area contributed by atoms with Crippen molar-refractivity contribution in [3.8, 4) is 0 Å². The first-order chi connectivity index (χ1) is 9.01. The lowest BCUT2D eigenvalue weighted by molar-refractivity contribution is -0.115. The minimum Gasteiger partial charge on any atom is -0.330 e. The van der Waals surface area contributed by atoms with E-state index in [0.29, 0.717) is 24.9 Å². The molecule has 1 aliphatic rings. The highest BCUT2D eigenvalue weighted by Crippen LogP contribution is 2.31. The molecule has 1 aromatic rings. The van der Waals surface area contributed by atoms with Crippen LogP contribution in [0.3, 0.4) is 0 Å². The molecule has 2 unspecified atom stereocenters. The minimum atomic E-state index is 0.0869. The summed E-state index contributed by atoms with van der Waals surface area (Å²) < 4.78 is 0. The molecule has 1 aliphatic heterocycles. The number of carbonyl (C=O) groups excluding carboxylic acids is 1. The Bertz CT molecular complexity index is 470. The Morgan fingerprint density at radius 3 is 2.79 bits per heavy atom. The molecule has 2 atom stereocenters. The summed E-state index contributed by atoms with van der Waals surface area (Å²) in [6, 6.07) is 6.62. The first kappa shape index (κ1) is 14.0. The van der Waals surface area contributed by atoms with Crippen molar-refractivity contribution in [3.63, 3.8) is 0 Å². The Morgan fingerprint density at radius 1 is 1.42 bits per heavy atom. The normalized spacial score (nSPS) is 17.2. The number of anilines is 1. The Hall–Kier alpha value is -1.39. The van der Waals surface area contributed by atoms with Gasteiger partial charge >= 0.3 is 0 Å². The molecule has 3 N–H and O–H groups in total. The molecule has 0 spiro atoms. The maximum atomic E-state index is 11.4. The molecule has 104 valence electrons. The lowest BCUT2D eigenvalue weighted by atomic mass is 9.93. The van der Waals surface area contributed by atoms with Crippen molar-refractivity contribution >= 4 is 11.6 Å². The van der Waals surface area contributed by atoms with E-state index < -0.39 is 0 Å². The van der Waals surface area contributed by atoms with E-state index in [0.717, 1.165) is 17.7 Å². The molecule has 0 aliphatic carbocycles. The first-order valence-electron chi connectivity index (χ1n) is 6.80. The van der Waals surface area contributed by atoms with Gasteiger partial charge in [-0.15, -0.1) is 0 Å². The van der Waals surface area contributed by atoms with Gasteiger partial charge in [-0.2, -0.15) is 0 Å². The van der Waals surface area contributed by atoms with Crippen LogP contribution in [0.2, 0.25) is 0 Å². The summed E-state index contributed by atoms with van der Waals surface area (Å²) in [5.74, 6) is 0.573. The summed E-state index contributed by atoms with van der Waals surface area (Å²) in [6.45, 7) is 2.88. The number of carbonyl (C=O) groups is 1. The number of nitrogens with zero attached hydrogens (tertiary/aromatic N) is 1. The summed E-state index contributed by atoms with van der Waals surface area (Å²) in [5, 5.41) is 2.87. The van der Waals surface area contributed by atoms with Gasteiger partial charge in [-0.1, -0.05) is 19.1 Å². The maximum Gasteiger partial charge on any atom is 0.228 e. The zero-order chi connectivity index (χ0) is 14.0. The van der Waals surface area contributed by atoms with Crippen molar-refractivity contribution in [2.24, 2.45) is 11.7 Å². The fourth-order valence-corrected chi connectivity index (χ4v) is 2.58. The predicted octanol–water partition coefficient (Wildman–Crippen LogP) is 1.77. The molecular formula is C15H23N3O. The molecule has 0 radical (unpaired) electrons. The van der Waals surface area contributed by atoms with Gasteiger partial charge in [0, 0.05) is 11.7 Å². The van der Waals surface area contributed by atoms with E-state index in [-0.39, 0.29) is 5.91 Å². The average molecular weight is 261 g/mol. The predicted molar refractivity (Wildman–Crippen MR) is 78.0 cm³/mol. The van der Waals surface area contributed by atoms with E-state index in [2.05, 4.69) is 43.4 Å². The summed E-state index contributed by atoms with van der Waals surface area (Å²) >= 11 is 0. The van der Waals surface area contributed by atoms with Crippen LogP contribution >= 0.6 is 0 Å². The number of hydrogen-bond donors (Lipinski definition) is 2. The van der Waals surface area contributed by atoms with Crippen molar-refractivity contribution in [1.29, 1.82) is 0 Å². The summed E-state index contributed by atoms with van der Waals surface area (Å²) in [6.07, 6.45) is 1.53. The number of fused-ring (bicyclic) bond motifs is 1. The number of nitrogens with one attached hydrogen (secondary N) is 1. The van der Waals surface area contributed by atoms with Crippen molar-refractivity contribution in [3.05, 3.63) is 29.3 Å². The second kappa shape index (κ2) is 5.72. The molecule has 0 saturated carbocycles. The molecule has 19 heavy (non-hydrogen) atoms. The van der Waals surface area contributed by atoms with Gasteiger partial charge in [0.2, 0.25) is 5.91 Å². The van der Waals surface area contributed by atoms with Gasteiger partial charge in [-0.25, -0.2) is 0 Å². The van der Waals surface area contributed by atoms with Crippen LogP contribution in [0.4, 0.5) is 5.69 Å². The lowest BCUT2D eigenvalue weighted by Crippen LogP contribution is -2.24. The third-order valence-electron chi connectivity index (χ3n) is 3.79. The first-order valence-corrected chi connectivity index (χ1v) is 6.80. The largest absolute Gasteiger partial charge is 0.330 e. The Kier molecular flexibility index (Phi) is 4.22. The van der Waals surface area contributed by atoms with Gasteiger partial charge < -0.3 is 16.0 Å². The number of hydrogen-bond acceptors (Lipinski definition) is 3. The van der Waals surface area contributed by atoms with Crippen LogP contribution in [0.25, 0.3) is 0 Å². The average Bonchev–Trinajstić information content (AvgIpc) is 2.74.